The number of hydrogen-bond acceptors (Lipinski definition) is 3. The van der Waals surface area contributed by atoms with Crippen molar-refractivity contribution in [3.05, 3.63) is 71.7 Å². The van der Waals surface area contributed by atoms with E-state index in [0.29, 0.717) is 18.1 Å². The Morgan fingerprint density at radius 1 is 1.06 bits per heavy atom. The average Bonchev–Trinajstić information content (AvgIpc) is 3.17. The van der Waals surface area contributed by atoms with Gasteiger partial charge in [-0.05, 0) is 42.7 Å². The standard InChI is InChI=1S/C27H34FN5O2/c1-18(2)16-32(26(35)29-21-12-9-11-20(28)14-21)17-25(34)30-24-15-23(27(4,5)6)31-33(24)22-13-8-7-10-19(22)3/h7-15,18H,16-17H2,1-6H3,(H,29,35)(H,30,34). The second-order valence-electron chi connectivity index (χ2n) is 10.1. The molecule has 0 saturated heterocycles. The first-order valence-electron chi connectivity index (χ1n) is 11.7. The van der Waals surface area contributed by atoms with E-state index < -0.39 is 11.8 Å². The third-order valence-corrected chi connectivity index (χ3v) is 5.37. The molecule has 0 saturated carbocycles. The van der Waals surface area contributed by atoms with E-state index in [0.717, 1.165) is 16.9 Å². The Balaban J connectivity index is 1.83. The molecule has 0 radical (unpaired) electrons. The van der Waals surface area contributed by atoms with Gasteiger partial charge >= 0.3 is 6.03 Å². The third kappa shape index (κ3) is 6.91. The molecule has 1 aromatic heterocycles. The van der Waals surface area contributed by atoms with E-state index >= 15 is 0 Å². The molecule has 8 heteroatoms. The van der Waals surface area contributed by atoms with Crippen LogP contribution in [0.5, 0.6) is 0 Å². The largest absolute Gasteiger partial charge is 0.322 e. The summed E-state index contributed by atoms with van der Waals surface area (Å²) in [5, 5.41) is 10.4. The molecule has 0 fully saturated rings. The van der Waals surface area contributed by atoms with E-state index in [-0.39, 0.29) is 23.8 Å². The number of urea groups is 1. The van der Waals surface area contributed by atoms with Gasteiger partial charge in [-0.3, -0.25) is 4.79 Å². The summed E-state index contributed by atoms with van der Waals surface area (Å²) in [6.07, 6.45) is 0. The molecule has 0 atom stereocenters. The molecule has 2 aromatic carbocycles. The van der Waals surface area contributed by atoms with Crippen molar-refractivity contribution in [1.29, 1.82) is 0 Å². The number of nitrogens with zero attached hydrogens (tertiary/aromatic N) is 3. The Kier molecular flexibility index (Phi) is 7.94. The number of aryl methyl sites for hydroxylation is 1. The summed E-state index contributed by atoms with van der Waals surface area (Å²) in [4.78, 5) is 27.4. The Labute approximate surface area is 206 Å². The van der Waals surface area contributed by atoms with Gasteiger partial charge in [-0.15, -0.1) is 0 Å². The summed E-state index contributed by atoms with van der Waals surface area (Å²) in [6.45, 7) is 12.3. The number of hydrogen-bond donors (Lipinski definition) is 2. The Morgan fingerprint density at radius 2 is 1.77 bits per heavy atom. The van der Waals surface area contributed by atoms with Gasteiger partial charge in [-0.2, -0.15) is 5.10 Å². The monoisotopic (exact) mass is 479 g/mol. The highest BCUT2D eigenvalue weighted by atomic mass is 19.1. The van der Waals surface area contributed by atoms with E-state index in [4.69, 9.17) is 5.10 Å². The predicted molar refractivity (Wildman–Crippen MR) is 137 cm³/mol. The first-order valence-corrected chi connectivity index (χ1v) is 11.7. The molecular formula is C27H34FN5O2. The van der Waals surface area contributed by atoms with Crippen molar-refractivity contribution in [2.45, 2.75) is 47.0 Å². The number of nitrogens with one attached hydrogen (secondary N) is 2. The van der Waals surface area contributed by atoms with Crippen molar-refractivity contribution in [2.24, 2.45) is 5.92 Å². The first kappa shape index (κ1) is 25.9. The molecular weight excluding hydrogens is 445 g/mol. The second-order valence-corrected chi connectivity index (χ2v) is 10.1. The molecule has 0 unspecified atom stereocenters. The zero-order chi connectivity index (χ0) is 25.8. The van der Waals surface area contributed by atoms with Crippen LogP contribution in [0, 0.1) is 18.7 Å². The van der Waals surface area contributed by atoms with E-state index in [9.17, 15) is 14.0 Å². The van der Waals surface area contributed by atoms with Crippen molar-refractivity contribution in [1.82, 2.24) is 14.7 Å². The summed E-state index contributed by atoms with van der Waals surface area (Å²) < 4.78 is 15.3. The molecule has 1 heterocycles. The van der Waals surface area contributed by atoms with E-state index in [1.54, 1.807) is 10.7 Å². The lowest BCUT2D eigenvalue weighted by atomic mass is 9.92. The third-order valence-electron chi connectivity index (χ3n) is 5.37. The maximum absolute atomic E-state index is 13.5. The minimum atomic E-state index is -0.470. The highest BCUT2D eigenvalue weighted by Crippen LogP contribution is 2.27. The van der Waals surface area contributed by atoms with Gasteiger partial charge in [0.15, 0.2) is 0 Å². The number of anilines is 2. The molecule has 2 N–H and O–H groups in total. The summed E-state index contributed by atoms with van der Waals surface area (Å²) in [5.41, 5.74) is 2.82. The van der Waals surface area contributed by atoms with Crippen LogP contribution >= 0.6 is 0 Å². The lowest BCUT2D eigenvalue weighted by molar-refractivity contribution is -0.116. The van der Waals surface area contributed by atoms with Gasteiger partial charge in [0.2, 0.25) is 5.91 Å². The van der Waals surface area contributed by atoms with Crippen LogP contribution < -0.4 is 10.6 Å². The van der Waals surface area contributed by atoms with Crippen LogP contribution in [-0.2, 0) is 10.2 Å². The lowest BCUT2D eigenvalue weighted by Gasteiger charge is -2.24. The van der Waals surface area contributed by atoms with Crippen molar-refractivity contribution < 1.29 is 14.0 Å². The van der Waals surface area contributed by atoms with Crippen LogP contribution in [0.4, 0.5) is 20.7 Å². The fraction of sp³-hybridized carbons (Fsp3) is 0.370. The van der Waals surface area contributed by atoms with Gasteiger partial charge in [0.1, 0.15) is 18.2 Å². The summed E-state index contributed by atoms with van der Waals surface area (Å²) in [6, 6.07) is 14.9. The molecule has 0 aliphatic rings. The fourth-order valence-corrected chi connectivity index (χ4v) is 3.61. The predicted octanol–water partition coefficient (Wildman–Crippen LogP) is 5.75. The van der Waals surface area contributed by atoms with Crippen LogP contribution in [0.3, 0.4) is 0 Å². The Morgan fingerprint density at radius 3 is 2.40 bits per heavy atom. The lowest BCUT2D eigenvalue weighted by Crippen LogP contribution is -2.42. The minimum absolute atomic E-state index is 0.131. The maximum atomic E-state index is 13.5. The maximum Gasteiger partial charge on any atom is 0.322 e. The molecule has 0 bridgehead atoms. The zero-order valence-electron chi connectivity index (χ0n) is 21.2. The van der Waals surface area contributed by atoms with Crippen molar-refractivity contribution >= 4 is 23.4 Å². The fourth-order valence-electron chi connectivity index (χ4n) is 3.61. The van der Waals surface area contributed by atoms with Gasteiger partial charge in [0.05, 0.1) is 11.4 Å². The molecule has 3 aromatic rings. The first-order chi connectivity index (χ1) is 16.4. The molecule has 0 spiro atoms. The van der Waals surface area contributed by atoms with E-state index in [1.807, 2.05) is 51.1 Å². The minimum Gasteiger partial charge on any atom is -0.315 e. The van der Waals surface area contributed by atoms with E-state index in [1.165, 1.54) is 23.1 Å². The van der Waals surface area contributed by atoms with Gasteiger partial charge < -0.3 is 15.5 Å². The van der Waals surface area contributed by atoms with Crippen LogP contribution in [0.1, 0.15) is 45.9 Å². The van der Waals surface area contributed by atoms with Crippen molar-refractivity contribution in [2.75, 3.05) is 23.7 Å². The quantitative estimate of drug-likeness (QED) is 0.453. The van der Waals surface area contributed by atoms with Crippen LogP contribution in [0.2, 0.25) is 0 Å². The second kappa shape index (κ2) is 10.7. The molecule has 0 aliphatic heterocycles. The van der Waals surface area contributed by atoms with Gasteiger partial charge in [0, 0.05) is 23.7 Å². The van der Waals surface area contributed by atoms with Gasteiger partial charge in [0.25, 0.3) is 0 Å². The van der Waals surface area contributed by atoms with E-state index in [2.05, 4.69) is 31.4 Å². The topological polar surface area (TPSA) is 79.3 Å². The molecule has 3 amide bonds. The highest BCUT2D eigenvalue weighted by molar-refractivity contribution is 5.96. The van der Waals surface area contributed by atoms with Crippen LogP contribution in [-0.4, -0.2) is 39.7 Å². The number of amides is 3. The summed E-state index contributed by atoms with van der Waals surface area (Å²) >= 11 is 0. The van der Waals surface area contributed by atoms with Crippen LogP contribution in [0.15, 0.2) is 54.6 Å². The number of rotatable bonds is 7. The molecule has 35 heavy (non-hydrogen) atoms. The molecule has 186 valence electrons. The highest BCUT2D eigenvalue weighted by Gasteiger charge is 2.24. The molecule has 3 rings (SSSR count). The number of carbonyl (C=O) groups excluding carboxylic acids is 2. The summed E-state index contributed by atoms with van der Waals surface area (Å²) in [7, 11) is 0. The smallest absolute Gasteiger partial charge is 0.315 e. The van der Waals surface area contributed by atoms with Crippen molar-refractivity contribution in [3.63, 3.8) is 0 Å². The number of para-hydroxylation sites is 1. The Bertz CT molecular complexity index is 1200. The molecule has 0 aliphatic carbocycles. The summed E-state index contributed by atoms with van der Waals surface area (Å²) in [5.74, 6) is -0.138. The van der Waals surface area contributed by atoms with Crippen molar-refractivity contribution in [3.8, 4) is 5.69 Å². The Hall–Kier alpha value is -3.68. The average molecular weight is 480 g/mol. The molecule has 7 nitrogen and oxygen atoms in total. The number of benzene rings is 2. The van der Waals surface area contributed by atoms with Gasteiger partial charge in [-0.25, -0.2) is 13.9 Å². The normalized spacial score (nSPS) is 11.4. The number of aromatic nitrogens is 2. The SMILES string of the molecule is Cc1ccccc1-n1nc(C(C)(C)C)cc1NC(=O)CN(CC(C)C)C(=O)Nc1cccc(F)c1. The van der Waals surface area contributed by atoms with Crippen LogP contribution in [0.25, 0.3) is 5.69 Å². The van der Waals surface area contributed by atoms with Gasteiger partial charge in [-0.1, -0.05) is 58.9 Å². The number of carbonyl (C=O) groups is 2. The number of halogens is 1. The zero-order valence-corrected chi connectivity index (χ0v) is 21.2.